The Morgan fingerprint density at radius 1 is 1.53 bits per heavy atom. The second kappa shape index (κ2) is 4.93. The number of piperidine rings is 1. The van der Waals surface area contributed by atoms with Crippen LogP contribution < -0.4 is 10.6 Å². The largest absolute Gasteiger partial charge is 0.391 e. The van der Waals surface area contributed by atoms with Crippen LogP contribution in [0.4, 0.5) is 5.82 Å². The van der Waals surface area contributed by atoms with E-state index in [0.29, 0.717) is 18.2 Å². The zero-order valence-corrected chi connectivity index (χ0v) is 10.5. The van der Waals surface area contributed by atoms with Crippen molar-refractivity contribution in [2.75, 3.05) is 18.0 Å². The normalized spacial score (nSPS) is 24.7. The lowest BCUT2D eigenvalue weighted by Gasteiger charge is -2.34. The van der Waals surface area contributed by atoms with Crippen molar-refractivity contribution in [2.24, 2.45) is 11.7 Å². The zero-order chi connectivity index (χ0) is 12.4. The van der Waals surface area contributed by atoms with Crippen molar-refractivity contribution < 1.29 is 5.11 Å². The van der Waals surface area contributed by atoms with Gasteiger partial charge >= 0.3 is 0 Å². The molecule has 1 aromatic heterocycles. The molecule has 2 unspecified atom stereocenters. The van der Waals surface area contributed by atoms with Gasteiger partial charge in [0.05, 0.1) is 18.5 Å². The maximum absolute atomic E-state index is 9.82. The van der Waals surface area contributed by atoms with Crippen LogP contribution in [0, 0.1) is 5.92 Å². The van der Waals surface area contributed by atoms with Crippen molar-refractivity contribution in [3.63, 3.8) is 0 Å². The van der Waals surface area contributed by atoms with Gasteiger partial charge in [-0.25, -0.2) is 9.97 Å². The highest BCUT2D eigenvalue weighted by Gasteiger charge is 2.25. The molecule has 1 fully saturated rings. The average molecular weight is 252 g/mol. The predicted octanol–water partition coefficient (Wildman–Crippen LogP) is 0.318. The van der Waals surface area contributed by atoms with E-state index in [1.807, 2.05) is 4.90 Å². The van der Waals surface area contributed by atoms with Gasteiger partial charge in [0.2, 0.25) is 0 Å². The average Bonchev–Trinajstić information content (AvgIpc) is 2.33. The number of aliphatic hydroxyl groups is 1. The van der Waals surface area contributed by atoms with Crippen LogP contribution >= 0.6 is 12.2 Å². The number of nitrogens with zero attached hydrogens (tertiary/aromatic N) is 3. The molecule has 1 aliphatic rings. The summed E-state index contributed by atoms with van der Waals surface area (Å²) in [6.45, 7) is 3.55. The minimum Gasteiger partial charge on any atom is -0.391 e. The summed E-state index contributed by atoms with van der Waals surface area (Å²) in [7, 11) is 0. The van der Waals surface area contributed by atoms with Crippen LogP contribution in [0.1, 0.15) is 19.0 Å². The van der Waals surface area contributed by atoms with E-state index in [1.165, 1.54) is 0 Å². The first-order chi connectivity index (χ1) is 8.08. The van der Waals surface area contributed by atoms with Crippen LogP contribution in [-0.2, 0) is 0 Å². The van der Waals surface area contributed by atoms with Crippen molar-refractivity contribution in [2.45, 2.75) is 19.4 Å². The van der Waals surface area contributed by atoms with E-state index in [-0.39, 0.29) is 11.1 Å². The lowest BCUT2D eigenvalue weighted by molar-refractivity contribution is 0.102. The monoisotopic (exact) mass is 252 g/mol. The van der Waals surface area contributed by atoms with Gasteiger partial charge in [-0.05, 0) is 12.3 Å². The zero-order valence-electron chi connectivity index (χ0n) is 9.71. The molecule has 0 spiro atoms. The molecular formula is C11H16N4OS. The fourth-order valence-corrected chi connectivity index (χ4v) is 1.97. The molecule has 1 aliphatic heterocycles. The molecule has 1 aromatic rings. The third-order valence-electron chi connectivity index (χ3n) is 3.13. The summed E-state index contributed by atoms with van der Waals surface area (Å²) in [5, 5.41) is 9.82. The molecule has 2 heterocycles. The maximum atomic E-state index is 9.82. The third-order valence-corrected chi connectivity index (χ3v) is 3.34. The molecule has 0 saturated carbocycles. The molecule has 0 aliphatic carbocycles. The molecular weight excluding hydrogens is 236 g/mol. The fourth-order valence-electron chi connectivity index (χ4n) is 1.87. The van der Waals surface area contributed by atoms with Crippen LogP contribution in [0.3, 0.4) is 0 Å². The van der Waals surface area contributed by atoms with Gasteiger partial charge in [-0.15, -0.1) is 0 Å². The highest BCUT2D eigenvalue weighted by atomic mass is 32.1. The molecule has 0 amide bonds. The smallest absolute Gasteiger partial charge is 0.147 e. The molecule has 0 radical (unpaired) electrons. The predicted molar refractivity (Wildman–Crippen MR) is 69.9 cm³/mol. The number of hydrogen-bond donors (Lipinski definition) is 2. The molecule has 17 heavy (non-hydrogen) atoms. The number of nitrogens with two attached hydrogens (primary N) is 1. The van der Waals surface area contributed by atoms with Gasteiger partial charge in [0, 0.05) is 13.1 Å². The number of β-amino-alcohol motifs (C(OH)–C–C–N with tert-alkyl or cyclic N) is 1. The van der Waals surface area contributed by atoms with E-state index in [4.69, 9.17) is 18.0 Å². The lowest BCUT2D eigenvalue weighted by Crippen LogP contribution is -2.43. The van der Waals surface area contributed by atoms with Gasteiger partial charge in [0.15, 0.2) is 0 Å². The summed E-state index contributed by atoms with van der Waals surface area (Å²) in [5.74, 6) is 1.10. The molecule has 0 bridgehead atoms. The number of aromatic nitrogens is 2. The third kappa shape index (κ3) is 2.70. The number of aliphatic hydroxyl groups excluding tert-OH is 1. The highest BCUT2D eigenvalue weighted by molar-refractivity contribution is 7.80. The molecule has 5 nitrogen and oxygen atoms in total. The fraction of sp³-hybridized carbons (Fsp3) is 0.545. The number of thiocarbonyl (C=S) groups is 1. The van der Waals surface area contributed by atoms with E-state index in [0.717, 1.165) is 18.8 Å². The quantitative estimate of drug-likeness (QED) is 0.738. The van der Waals surface area contributed by atoms with E-state index in [9.17, 15) is 5.11 Å². The van der Waals surface area contributed by atoms with Gasteiger partial charge in [0.1, 0.15) is 16.5 Å². The van der Waals surface area contributed by atoms with Crippen LogP contribution in [-0.4, -0.2) is 39.3 Å². The molecule has 2 atom stereocenters. The first-order valence-corrected chi connectivity index (χ1v) is 6.03. The summed E-state index contributed by atoms with van der Waals surface area (Å²) >= 11 is 4.82. The molecule has 2 rings (SSSR count). The van der Waals surface area contributed by atoms with E-state index < -0.39 is 0 Å². The first kappa shape index (κ1) is 12.2. The van der Waals surface area contributed by atoms with Crippen molar-refractivity contribution in [1.82, 2.24) is 9.97 Å². The van der Waals surface area contributed by atoms with Gasteiger partial charge in [-0.3, -0.25) is 0 Å². The minimum absolute atomic E-state index is 0.247. The van der Waals surface area contributed by atoms with Gasteiger partial charge < -0.3 is 15.7 Å². The molecule has 0 aromatic carbocycles. The Hall–Kier alpha value is -1.27. The van der Waals surface area contributed by atoms with Gasteiger partial charge in [-0.1, -0.05) is 19.1 Å². The Morgan fingerprint density at radius 3 is 2.82 bits per heavy atom. The SMILES string of the molecule is CC1CCN(c2cnc(C(N)=S)cn2)CC1O. The second-order valence-corrected chi connectivity index (χ2v) is 4.84. The van der Waals surface area contributed by atoms with Crippen molar-refractivity contribution in [3.05, 3.63) is 18.1 Å². The molecule has 92 valence electrons. The summed E-state index contributed by atoms with van der Waals surface area (Å²) in [6.07, 6.45) is 3.87. The highest BCUT2D eigenvalue weighted by Crippen LogP contribution is 2.21. The summed E-state index contributed by atoms with van der Waals surface area (Å²) in [6, 6.07) is 0. The van der Waals surface area contributed by atoms with Crippen LogP contribution in [0.15, 0.2) is 12.4 Å². The maximum Gasteiger partial charge on any atom is 0.147 e. The second-order valence-electron chi connectivity index (χ2n) is 4.40. The van der Waals surface area contributed by atoms with E-state index in [1.54, 1.807) is 12.4 Å². The van der Waals surface area contributed by atoms with Crippen molar-refractivity contribution in [1.29, 1.82) is 0 Å². The number of anilines is 1. The van der Waals surface area contributed by atoms with Gasteiger partial charge in [-0.2, -0.15) is 0 Å². The van der Waals surface area contributed by atoms with Crippen LogP contribution in [0.25, 0.3) is 0 Å². The summed E-state index contributed by atoms with van der Waals surface area (Å²) in [5.41, 5.74) is 5.98. The van der Waals surface area contributed by atoms with Gasteiger partial charge in [0.25, 0.3) is 0 Å². The molecule has 6 heteroatoms. The van der Waals surface area contributed by atoms with Crippen LogP contribution in [0.2, 0.25) is 0 Å². The van der Waals surface area contributed by atoms with Crippen molar-refractivity contribution >= 4 is 23.0 Å². The van der Waals surface area contributed by atoms with Crippen molar-refractivity contribution in [3.8, 4) is 0 Å². The summed E-state index contributed by atoms with van der Waals surface area (Å²) in [4.78, 5) is 10.7. The Balaban J connectivity index is 2.10. The first-order valence-electron chi connectivity index (χ1n) is 5.63. The lowest BCUT2D eigenvalue weighted by atomic mass is 9.96. The molecule has 3 N–H and O–H groups in total. The van der Waals surface area contributed by atoms with Crippen LogP contribution in [0.5, 0.6) is 0 Å². The standard InChI is InChI=1S/C11H16N4OS/c1-7-2-3-15(6-9(7)16)10-5-13-8(4-14-10)11(12)17/h4-5,7,9,16H,2-3,6H2,1H3,(H2,12,17). The Morgan fingerprint density at radius 2 is 2.29 bits per heavy atom. The Bertz CT molecular complexity index is 408. The molecule has 1 saturated heterocycles. The number of hydrogen-bond acceptors (Lipinski definition) is 5. The van der Waals surface area contributed by atoms with E-state index in [2.05, 4.69) is 16.9 Å². The Labute approximate surface area is 106 Å². The summed E-state index contributed by atoms with van der Waals surface area (Å²) < 4.78 is 0. The number of rotatable bonds is 2. The van der Waals surface area contributed by atoms with E-state index >= 15 is 0 Å². The topological polar surface area (TPSA) is 75.3 Å². The minimum atomic E-state index is -0.305. The Kier molecular flexibility index (Phi) is 3.54.